The Morgan fingerprint density at radius 2 is 1.71 bits per heavy atom. The first-order valence-electron chi connectivity index (χ1n) is 5.93. The van der Waals surface area contributed by atoms with Crippen LogP contribution in [0.5, 0.6) is 0 Å². The van der Waals surface area contributed by atoms with E-state index in [1.165, 1.54) is 36.4 Å². The minimum atomic E-state index is -4.32. The second-order valence-electron chi connectivity index (χ2n) is 4.36. The SMILES string of the molecule is Cc1c(N)cc(F)cc1Nc1ccc(SC(F)(F)F)cc1. The van der Waals surface area contributed by atoms with Gasteiger partial charge in [-0.3, -0.25) is 0 Å². The Balaban J connectivity index is 2.18. The Labute approximate surface area is 123 Å². The second-order valence-corrected chi connectivity index (χ2v) is 5.50. The number of nitrogen functional groups attached to an aromatic ring is 1. The molecule has 2 nitrogen and oxygen atoms in total. The predicted octanol–water partition coefficient (Wildman–Crippen LogP) is 5.07. The zero-order chi connectivity index (χ0) is 15.6. The number of hydrogen-bond donors (Lipinski definition) is 2. The van der Waals surface area contributed by atoms with Gasteiger partial charge >= 0.3 is 5.51 Å². The summed E-state index contributed by atoms with van der Waals surface area (Å²) < 4.78 is 50.0. The summed E-state index contributed by atoms with van der Waals surface area (Å²) in [6.45, 7) is 1.73. The van der Waals surface area contributed by atoms with Crippen LogP contribution in [0.3, 0.4) is 0 Å². The highest BCUT2D eigenvalue weighted by molar-refractivity contribution is 8.00. The first-order valence-corrected chi connectivity index (χ1v) is 6.75. The Hall–Kier alpha value is -1.89. The predicted molar refractivity (Wildman–Crippen MR) is 77.2 cm³/mol. The molecule has 0 radical (unpaired) electrons. The first-order chi connectivity index (χ1) is 9.74. The maximum Gasteiger partial charge on any atom is 0.446 e. The van der Waals surface area contributed by atoms with Crippen molar-refractivity contribution in [2.75, 3.05) is 11.1 Å². The largest absolute Gasteiger partial charge is 0.446 e. The number of benzene rings is 2. The van der Waals surface area contributed by atoms with Gasteiger partial charge in [0.25, 0.3) is 0 Å². The molecule has 21 heavy (non-hydrogen) atoms. The third-order valence-electron chi connectivity index (χ3n) is 2.78. The molecule has 0 heterocycles. The van der Waals surface area contributed by atoms with E-state index in [4.69, 9.17) is 5.73 Å². The van der Waals surface area contributed by atoms with Crippen molar-refractivity contribution in [1.82, 2.24) is 0 Å². The summed E-state index contributed by atoms with van der Waals surface area (Å²) in [4.78, 5) is 0.0866. The van der Waals surface area contributed by atoms with Gasteiger partial charge in [-0.2, -0.15) is 13.2 Å². The molecule has 2 aromatic carbocycles. The van der Waals surface area contributed by atoms with Crippen molar-refractivity contribution in [2.24, 2.45) is 0 Å². The smallest absolute Gasteiger partial charge is 0.398 e. The summed E-state index contributed by atoms with van der Waals surface area (Å²) in [5.41, 5.74) is 3.35. The number of thioether (sulfide) groups is 1. The normalized spacial score (nSPS) is 11.5. The molecule has 3 N–H and O–H groups in total. The lowest BCUT2D eigenvalue weighted by Gasteiger charge is -2.12. The molecule has 0 bridgehead atoms. The van der Waals surface area contributed by atoms with E-state index in [1.54, 1.807) is 6.92 Å². The molecular formula is C14H12F4N2S. The number of hydrogen-bond acceptors (Lipinski definition) is 3. The van der Waals surface area contributed by atoms with Gasteiger partial charge < -0.3 is 11.1 Å². The van der Waals surface area contributed by atoms with Crippen LogP contribution in [-0.4, -0.2) is 5.51 Å². The Morgan fingerprint density at radius 3 is 2.29 bits per heavy atom. The van der Waals surface area contributed by atoms with E-state index < -0.39 is 11.3 Å². The van der Waals surface area contributed by atoms with Crippen molar-refractivity contribution in [3.8, 4) is 0 Å². The van der Waals surface area contributed by atoms with Gasteiger partial charge in [0.05, 0.1) is 0 Å². The summed E-state index contributed by atoms with van der Waals surface area (Å²) in [6.07, 6.45) is 0. The van der Waals surface area contributed by atoms with Crippen molar-refractivity contribution in [3.05, 3.63) is 47.8 Å². The zero-order valence-electron chi connectivity index (χ0n) is 11.0. The van der Waals surface area contributed by atoms with Crippen molar-refractivity contribution in [1.29, 1.82) is 0 Å². The molecule has 0 aliphatic heterocycles. The van der Waals surface area contributed by atoms with Crippen molar-refractivity contribution < 1.29 is 17.6 Å². The Bertz CT molecular complexity index is 639. The summed E-state index contributed by atoms with van der Waals surface area (Å²) >= 11 is -0.184. The highest BCUT2D eigenvalue weighted by Crippen LogP contribution is 2.37. The van der Waals surface area contributed by atoms with Crippen LogP contribution in [0.1, 0.15) is 5.56 Å². The van der Waals surface area contributed by atoms with Gasteiger partial charge in [0.1, 0.15) is 5.82 Å². The molecule has 0 saturated heterocycles. The molecule has 0 aliphatic carbocycles. The highest BCUT2D eigenvalue weighted by atomic mass is 32.2. The molecule has 7 heteroatoms. The summed E-state index contributed by atoms with van der Waals surface area (Å²) in [7, 11) is 0. The molecule has 0 amide bonds. The maximum atomic E-state index is 13.3. The summed E-state index contributed by atoms with van der Waals surface area (Å²) in [5, 5.41) is 2.93. The zero-order valence-corrected chi connectivity index (χ0v) is 11.8. The number of nitrogens with one attached hydrogen (secondary N) is 1. The van der Waals surface area contributed by atoms with Gasteiger partial charge in [-0.05, 0) is 60.6 Å². The molecule has 0 fully saturated rings. The first kappa shape index (κ1) is 15.5. The molecular weight excluding hydrogens is 304 g/mol. The molecule has 2 aromatic rings. The maximum absolute atomic E-state index is 13.3. The topological polar surface area (TPSA) is 38.0 Å². The molecule has 0 aromatic heterocycles. The molecule has 0 aliphatic rings. The van der Waals surface area contributed by atoms with Gasteiger partial charge in [0.15, 0.2) is 0 Å². The average Bonchev–Trinajstić information content (AvgIpc) is 2.36. The fourth-order valence-corrected chi connectivity index (χ4v) is 2.26. The van der Waals surface area contributed by atoms with Gasteiger partial charge in [-0.15, -0.1) is 0 Å². The van der Waals surface area contributed by atoms with E-state index >= 15 is 0 Å². The molecule has 0 unspecified atom stereocenters. The van der Waals surface area contributed by atoms with Crippen LogP contribution < -0.4 is 11.1 Å². The lowest BCUT2D eigenvalue weighted by atomic mass is 10.1. The third kappa shape index (κ3) is 4.29. The highest BCUT2D eigenvalue weighted by Gasteiger charge is 2.28. The van der Waals surface area contributed by atoms with E-state index in [9.17, 15) is 17.6 Å². The van der Waals surface area contributed by atoms with Crippen molar-refractivity contribution in [3.63, 3.8) is 0 Å². The van der Waals surface area contributed by atoms with E-state index in [-0.39, 0.29) is 16.7 Å². The standard InChI is InChI=1S/C14H12F4N2S/c1-8-12(19)6-9(15)7-13(8)20-10-2-4-11(5-3-10)21-14(16,17)18/h2-7,20H,19H2,1H3. The average molecular weight is 316 g/mol. The van der Waals surface area contributed by atoms with Gasteiger partial charge in [0, 0.05) is 22.0 Å². The fraction of sp³-hybridized carbons (Fsp3) is 0.143. The van der Waals surface area contributed by atoms with Crippen molar-refractivity contribution >= 4 is 28.8 Å². The molecule has 2 rings (SSSR count). The lowest BCUT2D eigenvalue weighted by Crippen LogP contribution is -2.00. The van der Waals surface area contributed by atoms with E-state index in [0.717, 1.165) is 0 Å². The van der Waals surface area contributed by atoms with Crippen molar-refractivity contribution in [2.45, 2.75) is 17.3 Å². The van der Waals surface area contributed by atoms with E-state index in [1.807, 2.05) is 0 Å². The van der Waals surface area contributed by atoms with Crippen LogP contribution in [0, 0.1) is 12.7 Å². The molecule has 0 spiro atoms. The number of anilines is 3. The monoisotopic (exact) mass is 316 g/mol. The van der Waals surface area contributed by atoms with Crippen LogP contribution in [0.25, 0.3) is 0 Å². The Morgan fingerprint density at radius 1 is 1.10 bits per heavy atom. The summed E-state index contributed by atoms with van der Waals surface area (Å²) in [5.74, 6) is -0.482. The minimum absolute atomic E-state index is 0.0866. The van der Waals surface area contributed by atoms with Crippen LogP contribution >= 0.6 is 11.8 Å². The number of nitrogens with two attached hydrogens (primary N) is 1. The van der Waals surface area contributed by atoms with Crippen LogP contribution in [0.4, 0.5) is 34.6 Å². The molecule has 0 atom stereocenters. The minimum Gasteiger partial charge on any atom is -0.398 e. The van der Waals surface area contributed by atoms with Crippen LogP contribution in [-0.2, 0) is 0 Å². The van der Waals surface area contributed by atoms with Gasteiger partial charge in [0.2, 0.25) is 0 Å². The molecule has 0 saturated carbocycles. The van der Waals surface area contributed by atoms with Gasteiger partial charge in [-0.25, -0.2) is 4.39 Å². The fourth-order valence-electron chi connectivity index (χ4n) is 1.73. The van der Waals surface area contributed by atoms with E-state index in [2.05, 4.69) is 5.32 Å². The Kier molecular flexibility index (Phi) is 4.32. The number of rotatable bonds is 3. The number of halogens is 4. The van der Waals surface area contributed by atoms with Crippen LogP contribution in [0.2, 0.25) is 0 Å². The third-order valence-corrected chi connectivity index (χ3v) is 3.52. The summed E-state index contributed by atoms with van der Waals surface area (Å²) in [6, 6.07) is 8.17. The number of alkyl halides is 3. The van der Waals surface area contributed by atoms with E-state index in [0.29, 0.717) is 22.6 Å². The lowest BCUT2D eigenvalue weighted by molar-refractivity contribution is -0.0328. The van der Waals surface area contributed by atoms with Crippen LogP contribution in [0.15, 0.2) is 41.3 Å². The quantitative estimate of drug-likeness (QED) is 0.471. The molecule has 112 valence electrons. The van der Waals surface area contributed by atoms with Gasteiger partial charge in [-0.1, -0.05) is 0 Å². The second kappa shape index (κ2) is 5.85.